The molecule has 5 unspecified atom stereocenters. The van der Waals surface area contributed by atoms with Gasteiger partial charge in [-0.25, -0.2) is 13.2 Å². The molecule has 0 aliphatic carbocycles. The number of rotatable bonds is 13. The van der Waals surface area contributed by atoms with Crippen molar-refractivity contribution in [1.29, 1.82) is 0 Å². The zero-order valence-electron chi connectivity index (χ0n) is 26.7. The van der Waals surface area contributed by atoms with Crippen molar-refractivity contribution in [3.8, 4) is 0 Å². The average molecular weight is 657 g/mol. The van der Waals surface area contributed by atoms with Gasteiger partial charge in [-0.15, -0.1) is 0 Å². The number of nitrogens with one attached hydrogen (secondary N) is 2. The molecule has 5 atom stereocenters. The lowest BCUT2D eigenvalue weighted by molar-refractivity contribution is -0.110. The number of fused-ring (bicyclic) bond motifs is 2. The average Bonchev–Trinajstić information content (AvgIpc) is 3.72. The van der Waals surface area contributed by atoms with Crippen molar-refractivity contribution in [2.75, 3.05) is 45.2 Å². The maximum Gasteiger partial charge on any atom is 0.407 e. The molecule has 2 aromatic carbocycles. The molecule has 13 heteroatoms. The summed E-state index contributed by atoms with van der Waals surface area (Å²) in [7, 11) is -2.30. The van der Waals surface area contributed by atoms with Gasteiger partial charge in [0, 0.05) is 44.1 Å². The summed E-state index contributed by atoms with van der Waals surface area (Å²) in [5.74, 6) is -0.422. The molecule has 2 fully saturated rings. The number of amides is 2. The number of nitrogens with zero attached hydrogens (tertiary/aromatic N) is 2. The minimum absolute atomic E-state index is 0.00204. The molecule has 0 aromatic heterocycles. The summed E-state index contributed by atoms with van der Waals surface area (Å²) in [6.07, 6.45) is -0.192. The number of aliphatic hydroxyl groups is 1. The summed E-state index contributed by atoms with van der Waals surface area (Å²) in [6, 6.07) is 13.0. The Labute approximate surface area is 270 Å². The lowest BCUT2D eigenvalue weighted by Crippen LogP contribution is -2.51. The van der Waals surface area contributed by atoms with Crippen LogP contribution in [-0.2, 0) is 35.4 Å². The standard InChI is InChI=1S/C33H44N4O8S/c1-5-36(4)18-26-25-16-23(11-12-27(25)34-31(26)39)46(41,42)37(17-21(2)3)19-29(38)28(15-22-9-7-6-8-10-22)35-33(40)45-30-20-44-32-24(30)13-14-43-32/h6-12,16,18,21,24,28-30,32,38H,5,13-15,17,19-20H2,1-4H3,(H,34,39)(H,35,40). The summed E-state index contributed by atoms with van der Waals surface area (Å²) < 4.78 is 46.4. The van der Waals surface area contributed by atoms with Gasteiger partial charge in [-0.3, -0.25) is 4.79 Å². The Balaban J connectivity index is 1.37. The van der Waals surface area contributed by atoms with Crippen molar-refractivity contribution < 1.29 is 37.3 Å². The van der Waals surface area contributed by atoms with Crippen molar-refractivity contribution in [3.63, 3.8) is 0 Å². The molecule has 0 saturated carbocycles. The number of hydrogen-bond donors (Lipinski definition) is 3. The summed E-state index contributed by atoms with van der Waals surface area (Å²) in [5.41, 5.74) is 2.25. The second-order valence-corrected chi connectivity index (χ2v) is 14.4. The third kappa shape index (κ3) is 7.72. The van der Waals surface area contributed by atoms with Crippen LogP contribution in [0.2, 0.25) is 0 Å². The number of carbonyl (C=O) groups is 2. The van der Waals surface area contributed by atoms with E-state index in [2.05, 4.69) is 10.6 Å². The third-order valence-corrected chi connectivity index (χ3v) is 10.4. The molecule has 5 rings (SSSR count). The fourth-order valence-electron chi connectivity index (χ4n) is 5.95. The van der Waals surface area contributed by atoms with E-state index in [0.717, 1.165) is 12.0 Å². The van der Waals surface area contributed by atoms with Crippen LogP contribution in [0.15, 0.2) is 59.6 Å². The first-order valence-electron chi connectivity index (χ1n) is 15.8. The maximum absolute atomic E-state index is 14.2. The predicted molar refractivity (Wildman–Crippen MR) is 172 cm³/mol. The summed E-state index contributed by atoms with van der Waals surface area (Å²) in [5, 5.41) is 17.2. The van der Waals surface area contributed by atoms with E-state index in [1.54, 1.807) is 12.3 Å². The molecular formula is C33H44N4O8S. The Morgan fingerprint density at radius 1 is 1.17 bits per heavy atom. The van der Waals surface area contributed by atoms with E-state index in [-0.39, 0.29) is 55.0 Å². The van der Waals surface area contributed by atoms with Gasteiger partial charge in [0.15, 0.2) is 6.29 Å². The maximum atomic E-state index is 14.2. The van der Waals surface area contributed by atoms with Crippen molar-refractivity contribution in [1.82, 2.24) is 14.5 Å². The van der Waals surface area contributed by atoms with Crippen molar-refractivity contribution in [3.05, 3.63) is 65.9 Å². The van der Waals surface area contributed by atoms with Crippen LogP contribution in [0.25, 0.3) is 5.57 Å². The van der Waals surface area contributed by atoms with Gasteiger partial charge >= 0.3 is 6.09 Å². The molecule has 2 saturated heterocycles. The molecule has 0 bridgehead atoms. The summed E-state index contributed by atoms with van der Waals surface area (Å²) in [4.78, 5) is 27.7. The molecule has 2 aromatic rings. The van der Waals surface area contributed by atoms with Crippen LogP contribution in [0.3, 0.4) is 0 Å². The minimum Gasteiger partial charge on any atom is -0.443 e. The van der Waals surface area contributed by atoms with Crippen molar-refractivity contribution in [2.24, 2.45) is 11.8 Å². The molecule has 250 valence electrons. The molecule has 3 aliphatic heterocycles. The van der Waals surface area contributed by atoms with Crippen LogP contribution in [0, 0.1) is 11.8 Å². The predicted octanol–water partition coefficient (Wildman–Crippen LogP) is 3.04. The normalized spacial score (nSPS) is 22.9. The molecule has 2 amide bonds. The minimum atomic E-state index is -4.13. The highest BCUT2D eigenvalue weighted by Gasteiger charge is 2.44. The van der Waals surface area contributed by atoms with Crippen LogP contribution >= 0.6 is 0 Å². The quantitative estimate of drug-likeness (QED) is 0.277. The molecular weight excluding hydrogens is 612 g/mol. The number of carbonyl (C=O) groups excluding carboxylic acids is 2. The number of sulfonamides is 1. The van der Waals surface area contributed by atoms with E-state index in [1.807, 2.05) is 63.1 Å². The summed E-state index contributed by atoms with van der Waals surface area (Å²) >= 11 is 0. The number of alkyl carbamates (subject to hydrolysis) is 1. The Morgan fingerprint density at radius 2 is 1.93 bits per heavy atom. The Kier molecular flexibility index (Phi) is 10.7. The molecule has 12 nitrogen and oxygen atoms in total. The fraction of sp³-hybridized carbons (Fsp3) is 0.515. The Hall–Kier alpha value is -3.49. The van der Waals surface area contributed by atoms with Crippen LogP contribution in [0.1, 0.15) is 38.3 Å². The van der Waals surface area contributed by atoms with Crippen molar-refractivity contribution >= 4 is 33.3 Å². The van der Waals surface area contributed by atoms with Crippen LogP contribution in [0.5, 0.6) is 0 Å². The highest BCUT2D eigenvalue weighted by Crippen LogP contribution is 2.35. The van der Waals surface area contributed by atoms with Gasteiger partial charge < -0.3 is 34.9 Å². The second-order valence-electron chi connectivity index (χ2n) is 12.5. The molecule has 3 aliphatic rings. The molecule has 46 heavy (non-hydrogen) atoms. The largest absolute Gasteiger partial charge is 0.443 e. The van der Waals surface area contributed by atoms with E-state index in [4.69, 9.17) is 14.2 Å². The highest BCUT2D eigenvalue weighted by atomic mass is 32.2. The highest BCUT2D eigenvalue weighted by molar-refractivity contribution is 7.89. The van der Waals surface area contributed by atoms with Crippen LogP contribution < -0.4 is 10.6 Å². The molecule has 0 radical (unpaired) electrons. The molecule has 3 N–H and O–H groups in total. The van der Waals surface area contributed by atoms with E-state index >= 15 is 0 Å². The van der Waals surface area contributed by atoms with Gasteiger partial charge in [-0.1, -0.05) is 44.2 Å². The lowest BCUT2D eigenvalue weighted by atomic mass is 10.0. The molecule has 0 spiro atoms. The van der Waals surface area contributed by atoms with E-state index in [9.17, 15) is 23.1 Å². The van der Waals surface area contributed by atoms with Gasteiger partial charge in [0.1, 0.15) is 6.10 Å². The number of anilines is 1. The van der Waals surface area contributed by atoms with Crippen LogP contribution in [-0.4, -0.2) is 99.2 Å². The Morgan fingerprint density at radius 3 is 2.65 bits per heavy atom. The zero-order valence-corrected chi connectivity index (χ0v) is 27.5. The van der Waals surface area contributed by atoms with Gasteiger partial charge in [-0.2, -0.15) is 4.31 Å². The van der Waals surface area contributed by atoms with E-state index < -0.39 is 34.4 Å². The summed E-state index contributed by atoms with van der Waals surface area (Å²) in [6.45, 7) is 7.01. The van der Waals surface area contributed by atoms with Gasteiger partial charge in [-0.05, 0) is 49.4 Å². The third-order valence-electron chi connectivity index (χ3n) is 8.53. The number of hydrogen-bond acceptors (Lipinski definition) is 9. The first-order chi connectivity index (χ1) is 22.0. The number of ether oxygens (including phenoxy) is 3. The van der Waals surface area contributed by atoms with E-state index in [0.29, 0.717) is 30.0 Å². The fourth-order valence-corrected chi connectivity index (χ4v) is 7.60. The van der Waals surface area contributed by atoms with Crippen LogP contribution in [0.4, 0.5) is 10.5 Å². The van der Waals surface area contributed by atoms with Gasteiger partial charge in [0.25, 0.3) is 5.91 Å². The Bertz CT molecular complexity index is 1530. The smallest absolute Gasteiger partial charge is 0.407 e. The number of aliphatic hydroxyl groups excluding tert-OH is 1. The first-order valence-corrected chi connectivity index (χ1v) is 17.2. The SMILES string of the molecule is CCN(C)C=C1C(=O)Nc2ccc(S(=O)(=O)N(CC(C)C)CC(O)C(Cc3ccccc3)NC(=O)OC3COC4OCCC34)cc21. The van der Waals surface area contributed by atoms with Gasteiger partial charge in [0.05, 0.1) is 41.7 Å². The lowest BCUT2D eigenvalue weighted by Gasteiger charge is -2.31. The second kappa shape index (κ2) is 14.5. The van der Waals surface area contributed by atoms with Gasteiger partial charge in [0.2, 0.25) is 10.0 Å². The number of benzene rings is 2. The molecule has 3 heterocycles. The first kappa shape index (κ1) is 33.9. The van der Waals surface area contributed by atoms with Crippen molar-refractivity contribution in [2.45, 2.75) is 63.0 Å². The topological polar surface area (TPSA) is 147 Å². The monoisotopic (exact) mass is 656 g/mol. The zero-order chi connectivity index (χ0) is 33.0. The van der Waals surface area contributed by atoms with E-state index in [1.165, 1.54) is 16.4 Å².